The number of hydrogen-bond donors (Lipinski definition) is 2. The predicted molar refractivity (Wildman–Crippen MR) is 76.8 cm³/mol. The molecule has 1 aliphatic rings. The van der Waals surface area contributed by atoms with Gasteiger partial charge >= 0.3 is 0 Å². The summed E-state index contributed by atoms with van der Waals surface area (Å²) in [6.45, 7) is 3.84. The van der Waals surface area contributed by atoms with Crippen molar-refractivity contribution in [3.63, 3.8) is 0 Å². The van der Waals surface area contributed by atoms with Gasteiger partial charge in [0.2, 0.25) is 0 Å². The fourth-order valence-corrected chi connectivity index (χ4v) is 2.36. The summed E-state index contributed by atoms with van der Waals surface area (Å²) >= 11 is 6.07. The molecule has 0 spiro atoms. The maximum atomic E-state index is 12.0. The number of carbonyl (C=O) groups is 1. The molecule has 0 unspecified atom stereocenters. The van der Waals surface area contributed by atoms with Gasteiger partial charge in [0.15, 0.2) is 0 Å². The van der Waals surface area contributed by atoms with E-state index in [1.165, 1.54) is 0 Å². The Morgan fingerprint density at radius 2 is 2.28 bits per heavy atom. The van der Waals surface area contributed by atoms with Crippen molar-refractivity contribution >= 4 is 29.9 Å². The first kappa shape index (κ1) is 15.3. The predicted octanol–water partition coefficient (Wildman–Crippen LogP) is 2.55. The number of carbonyl (C=O) groups excluding carboxylic acids is 1. The molecule has 100 valence electrons. The second-order valence-corrected chi connectivity index (χ2v) is 4.91. The normalized spacial score (nSPS) is 18.9. The molecule has 18 heavy (non-hydrogen) atoms. The van der Waals surface area contributed by atoms with Crippen molar-refractivity contribution in [2.75, 3.05) is 13.1 Å². The summed E-state index contributed by atoms with van der Waals surface area (Å²) in [7, 11) is 0. The molecule has 1 aromatic rings. The first-order valence-corrected chi connectivity index (χ1v) is 6.32. The molecule has 3 nitrogen and oxygen atoms in total. The first-order chi connectivity index (χ1) is 8.16. The smallest absolute Gasteiger partial charge is 0.253 e. The summed E-state index contributed by atoms with van der Waals surface area (Å²) < 4.78 is 0. The van der Waals surface area contributed by atoms with E-state index in [0.717, 1.165) is 31.5 Å². The molecule has 1 aromatic carbocycles. The highest BCUT2D eigenvalue weighted by Crippen LogP contribution is 2.17. The van der Waals surface area contributed by atoms with Gasteiger partial charge in [0.1, 0.15) is 0 Å². The highest BCUT2D eigenvalue weighted by molar-refractivity contribution is 6.33. The molecule has 2 rings (SSSR count). The van der Waals surface area contributed by atoms with Gasteiger partial charge in [-0.1, -0.05) is 17.7 Å². The summed E-state index contributed by atoms with van der Waals surface area (Å²) in [4.78, 5) is 12.0. The number of aryl methyl sites for hydroxylation is 1. The van der Waals surface area contributed by atoms with Crippen LogP contribution in [0.3, 0.4) is 0 Å². The van der Waals surface area contributed by atoms with Crippen molar-refractivity contribution in [1.82, 2.24) is 10.6 Å². The van der Waals surface area contributed by atoms with E-state index in [9.17, 15) is 4.79 Å². The molecule has 1 heterocycles. The van der Waals surface area contributed by atoms with Gasteiger partial charge in [-0.3, -0.25) is 4.79 Å². The van der Waals surface area contributed by atoms with E-state index in [1.807, 2.05) is 19.1 Å². The number of hydrogen-bond acceptors (Lipinski definition) is 2. The van der Waals surface area contributed by atoms with Gasteiger partial charge in [-0.05, 0) is 44.0 Å². The SMILES string of the molecule is Cc1ccc(C(=O)N[C@@H]2CCCNC2)c(Cl)c1.Cl. The highest BCUT2D eigenvalue weighted by Gasteiger charge is 2.17. The molecular weight excluding hydrogens is 271 g/mol. The number of halogens is 2. The third kappa shape index (κ3) is 3.87. The average molecular weight is 289 g/mol. The molecular formula is C13H18Cl2N2O. The zero-order valence-corrected chi connectivity index (χ0v) is 11.9. The quantitative estimate of drug-likeness (QED) is 0.878. The van der Waals surface area contributed by atoms with Gasteiger partial charge in [-0.25, -0.2) is 0 Å². The lowest BCUT2D eigenvalue weighted by molar-refractivity contribution is 0.0931. The van der Waals surface area contributed by atoms with E-state index < -0.39 is 0 Å². The molecule has 0 aliphatic carbocycles. The number of piperidine rings is 1. The maximum Gasteiger partial charge on any atom is 0.253 e. The van der Waals surface area contributed by atoms with Gasteiger partial charge in [-0.2, -0.15) is 0 Å². The Hall–Kier alpha value is -0.770. The number of amides is 1. The number of rotatable bonds is 2. The van der Waals surface area contributed by atoms with Crippen molar-refractivity contribution in [2.24, 2.45) is 0 Å². The van der Waals surface area contributed by atoms with Crippen LogP contribution in [0.5, 0.6) is 0 Å². The van der Waals surface area contributed by atoms with Crippen LogP contribution in [0.2, 0.25) is 5.02 Å². The van der Waals surface area contributed by atoms with Crippen LogP contribution in [-0.4, -0.2) is 25.0 Å². The Bertz CT molecular complexity index is 417. The second kappa shape index (κ2) is 6.98. The third-order valence-corrected chi connectivity index (χ3v) is 3.31. The minimum absolute atomic E-state index is 0. The van der Waals surface area contributed by atoms with Gasteiger partial charge < -0.3 is 10.6 Å². The Labute approximate surface area is 119 Å². The van der Waals surface area contributed by atoms with Crippen LogP contribution in [0.4, 0.5) is 0 Å². The highest BCUT2D eigenvalue weighted by atomic mass is 35.5. The lowest BCUT2D eigenvalue weighted by Gasteiger charge is -2.24. The zero-order chi connectivity index (χ0) is 12.3. The van der Waals surface area contributed by atoms with E-state index in [0.29, 0.717) is 10.6 Å². The standard InChI is InChI=1S/C13H17ClN2O.ClH/c1-9-4-5-11(12(14)7-9)13(17)16-10-3-2-6-15-8-10;/h4-5,7,10,15H,2-3,6,8H2,1H3,(H,16,17);1H/t10-;/m1./s1. The number of nitrogens with one attached hydrogen (secondary N) is 2. The molecule has 0 saturated carbocycles. The summed E-state index contributed by atoms with van der Waals surface area (Å²) in [5.41, 5.74) is 1.62. The Morgan fingerprint density at radius 1 is 1.50 bits per heavy atom. The van der Waals surface area contributed by atoms with Crippen LogP contribution in [0.25, 0.3) is 0 Å². The second-order valence-electron chi connectivity index (χ2n) is 4.50. The Morgan fingerprint density at radius 3 is 2.89 bits per heavy atom. The van der Waals surface area contributed by atoms with Crippen LogP contribution in [0.1, 0.15) is 28.8 Å². The van der Waals surface area contributed by atoms with Gasteiger partial charge in [0.25, 0.3) is 5.91 Å². The van der Waals surface area contributed by atoms with Crippen molar-refractivity contribution in [2.45, 2.75) is 25.8 Å². The van der Waals surface area contributed by atoms with E-state index >= 15 is 0 Å². The molecule has 1 atom stereocenters. The fourth-order valence-electron chi connectivity index (χ4n) is 2.04. The van der Waals surface area contributed by atoms with E-state index in [4.69, 9.17) is 11.6 Å². The number of benzene rings is 1. The first-order valence-electron chi connectivity index (χ1n) is 5.94. The minimum atomic E-state index is -0.0799. The van der Waals surface area contributed by atoms with Crippen molar-refractivity contribution in [3.8, 4) is 0 Å². The monoisotopic (exact) mass is 288 g/mol. The van der Waals surface area contributed by atoms with Gasteiger partial charge in [0, 0.05) is 12.6 Å². The minimum Gasteiger partial charge on any atom is -0.348 e. The van der Waals surface area contributed by atoms with E-state index in [1.54, 1.807) is 6.07 Å². The largest absolute Gasteiger partial charge is 0.348 e. The summed E-state index contributed by atoms with van der Waals surface area (Å²) in [6, 6.07) is 5.72. The Kier molecular flexibility index (Phi) is 5.93. The molecule has 1 aliphatic heterocycles. The lowest BCUT2D eigenvalue weighted by Crippen LogP contribution is -2.45. The molecule has 1 amide bonds. The lowest BCUT2D eigenvalue weighted by atomic mass is 10.1. The van der Waals surface area contributed by atoms with Gasteiger partial charge in [-0.15, -0.1) is 12.4 Å². The van der Waals surface area contributed by atoms with Crippen LogP contribution in [0, 0.1) is 6.92 Å². The summed E-state index contributed by atoms with van der Waals surface area (Å²) in [5, 5.41) is 6.80. The van der Waals surface area contributed by atoms with Crippen LogP contribution < -0.4 is 10.6 Å². The molecule has 0 aromatic heterocycles. The van der Waals surface area contributed by atoms with Crippen LogP contribution in [-0.2, 0) is 0 Å². The topological polar surface area (TPSA) is 41.1 Å². The van der Waals surface area contributed by atoms with Crippen LogP contribution in [0.15, 0.2) is 18.2 Å². The molecule has 1 fully saturated rings. The fraction of sp³-hybridized carbons (Fsp3) is 0.462. The van der Waals surface area contributed by atoms with Crippen molar-refractivity contribution in [1.29, 1.82) is 0 Å². The molecule has 2 N–H and O–H groups in total. The molecule has 0 radical (unpaired) electrons. The maximum absolute atomic E-state index is 12.0. The van der Waals surface area contributed by atoms with Gasteiger partial charge in [0.05, 0.1) is 10.6 Å². The van der Waals surface area contributed by atoms with E-state index in [-0.39, 0.29) is 24.4 Å². The van der Waals surface area contributed by atoms with Crippen LogP contribution >= 0.6 is 24.0 Å². The molecule has 1 saturated heterocycles. The average Bonchev–Trinajstić information content (AvgIpc) is 2.30. The van der Waals surface area contributed by atoms with Crippen molar-refractivity contribution < 1.29 is 4.79 Å². The molecule has 0 bridgehead atoms. The summed E-state index contributed by atoms with van der Waals surface area (Å²) in [5.74, 6) is -0.0799. The zero-order valence-electron chi connectivity index (χ0n) is 10.3. The molecule has 5 heteroatoms. The van der Waals surface area contributed by atoms with E-state index in [2.05, 4.69) is 10.6 Å². The summed E-state index contributed by atoms with van der Waals surface area (Å²) in [6.07, 6.45) is 2.13. The Balaban J connectivity index is 0.00000162. The van der Waals surface area contributed by atoms with Crippen molar-refractivity contribution in [3.05, 3.63) is 34.3 Å². The third-order valence-electron chi connectivity index (χ3n) is 3.00.